The van der Waals surface area contributed by atoms with Crippen molar-refractivity contribution in [1.29, 1.82) is 0 Å². The number of nitrogens with one attached hydrogen (secondary N) is 3. The number of likely N-dealkylation sites (N-methyl/N-ethyl adjacent to an activating group) is 2. The standard InChI is InChI=1S/C17H35N5O3/c1-6-10-19-17(25)14(20-16(24)13-22(4)5)9-7-8-11-18-15(23)12-21(2)3/h14H,6-13H2,1-5H3,(H,18,23)(H,19,25)(H,20,24)/t14-/m0/s1. The highest BCUT2D eigenvalue weighted by Gasteiger charge is 2.20. The summed E-state index contributed by atoms with van der Waals surface area (Å²) in [6.45, 7) is 3.76. The predicted molar refractivity (Wildman–Crippen MR) is 99.2 cm³/mol. The van der Waals surface area contributed by atoms with Crippen LogP contribution in [0.5, 0.6) is 0 Å². The molecule has 0 radical (unpaired) electrons. The Morgan fingerprint density at radius 1 is 0.840 bits per heavy atom. The molecular formula is C17H35N5O3. The van der Waals surface area contributed by atoms with Gasteiger partial charge in [0.2, 0.25) is 17.7 Å². The number of rotatable bonds is 13. The maximum atomic E-state index is 12.2. The third-order valence-electron chi connectivity index (χ3n) is 3.36. The van der Waals surface area contributed by atoms with E-state index in [1.54, 1.807) is 4.90 Å². The van der Waals surface area contributed by atoms with Crippen molar-refractivity contribution in [2.24, 2.45) is 0 Å². The van der Waals surface area contributed by atoms with E-state index in [0.29, 0.717) is 26.1 Å². The lowest BCUT2D eigenvalue weighted by molar-refractivity contribution is -0.129. The number of carbonyl (C=O) groups is 3. The monoisotopic (exact) mass is 357 g/mol. The van der Waals surface area contributed by atoms with Crippen molar-refractivity contribution in [1.82, 2.24) is 25.8 Å². The van der Waals surface area contributed by atoms with E-state index in [0.717, 1.165) is 19.3 Å². The zero-order chi connectivity index (χ0) is 19.2. The number of hydrogen-bond acceptors (Lipinski definition) is 5. The number of carbonyl (C=O) groups excluding carboxylic acids is 3. The topological polar surface area (TPSA) is 93.8 Å². The van der Waals surface area contributed by atoms with Crippen LogP contribution in [0.2, 0.25) is 0 Å². The second kappa shape index (κ2) is 13.6. The van der Waals surface area contributed by atoms with Gasteiger partial charge in [-0.2, -0.15) is 0 Å². The van der Waals surface area contributed by atoms with Gasteiger partial charge in [-0.15, -0.1) is 0 Å². The van der Waals surface area contributed by atoms with Crippen LogP contribution in [-0.2, 0) is 14.4 Å². The van der Waals surface area contributed by atoms with E-state index in [2.05, 4.69) is 16.0 Å². The van der Waals surface area contributed by atoms with E-state index in [1.165, 1.54) is 0 Å². The molecule has 0 rings (SSSR count). The molecule has 0 unspecified atom stereocenters. The Morgan fingerprint density at radius 3 is 2.00 bits per heavy atom. The first-order chi connectivity index (χ1) is 11.8. The molecule has 8 nitrogen and oxygen atoms in total. The number of amides is 3. The van der Waals surface area contributed by atoms with Gasteiger partial charge in [0, 0.05) is 13.1 Å². The van der Waals surface area contributed by atoms with Crippen LogP contribution >= 0.6 is 0 Å². The lowest BCUT2D eigenvalue weighted by Crippen LogP contribution is -2.49. The van der Waals surface area contributed by atoms with E-state index in [9.17, 15) is 14.4 Å². The van der Waals surface area contributed by atoms with Gasteiger partial charge in [-0.1, -0.05) is 6.92 Å². The van der Waals surface area contributed by atoms with Crippen LogP contribution in [0.4, 0.5) is 0 Å². The van der Waals surface area contributed by atoms with Gasteiger partial charge in [0.1, 0.15) is 6.04 Å². The molecule has 146 valence electrons. The molecular weight excluding hydrogens is 322 g/mol. The first-order valence-corrected chi connectivity index (χ1v) is 8.89. The highest BCUT2D eigenvalue weighted by Crippen LogP contribution is 2.02. The van der Waals surface area contributed by atoms with Gasteiger partial charge >= 0.3 is 0 Å². The molecule has 0 saturated carbocycles. The Balaban J connectivity index is 4.27. The van der Waals surface area contributed by atoms with Crippen LogP contribution in [-0.4, -0.2) is 87.9 Å². The van der Waals surface area contributed by atoms with E-state index in [4.69, 9.17) is 0 Å². The van der Waals surface area contributed by atoms with Crippen LogP contribution in [0.25, 0.3) is 0 Å². The van der Waals surface area contributed by atoms with Gasteiger partial charge in [0.25, 0.3) is 0 Å². The smallest absolute Gasteiger partial charge is 0.242 e. The SMILES string of the molecule is CCCNC(=O)[C@H](CCCCNC(=O)CN(C)C)NC(=O)CN(C)C. The van der Waals surface area contributed by atoms with Crippen molar-refractivity contribution in [3.05, 3.63) is 0 Å². The van der Waals surface area contributed by atoms with Crippen molar-refractivity contribution in [2.45, 2.75) is 38.6 Å². The van der Waals surface area contributed by atoms with Crippen molar-refractivity contribution >= 4 is 17.7 Å². The fraction of sp³-hybridized carbons (Fsp3) is 0.824. The fourth-order valence-electron chi connectivity index (χ4n) is 2.21. The molecule has 0 aliphatic carbocycles. The molecule has 3 N–H and O–H groups in total. The molecule has 0 fully saturated rings. The second-order valence-electron chi connectivity index (χ2n) is 6.73. The lowest BCUT2D eigenvalue weighted by Gasteiger charge is -2.19. The predicted octanol–water partition coefficient (Wildman–Crippen LogP) is -0.593. The van der Waals surface area contributed by atoms with Gasteiger partial charge in [0.05, 0.1) is 13.1 Å². The Hall–Kier alpha value is -1.67. The molecule has 0 heterocycles. The second-order valence-corrected chi connectivity index (χ2v) is 6.73. The largest absolute Gasteiger partial charge is 0.355 e. The van der Waals surface area contributed by atoms with Crippen molar-refractivity contribution < 1.29 is 14.4 Å². The van der Waals surface area contributed by atoms with E-state index in [1.807, 2.05) is 40.0 Å². The maximum absolute atomic E-state index is 12.2. The summed E-state index contributed by atoms with van der Waals surface area (Å²) >= 11 is 0. The summed E-state index contributed by atoms with van der Waals surface area (Å²) in [5.74, 6) is -0.326. The molecule has 25 heavy (non-hydrogen) atoms. The minimum atomic E-state index is -0.531. The summed E-state index contributed by atoms with van der Waals surface area (Å²) in [6, 6.07) is -0.531. The van der Waals surface area contributed by atoms with E-state index < -0.39 is 6.04 Å². The number of unbranched alkanes of at least 4 members (excludes halogenated alkanes) is 1. The molecule has 0 spiro atoms. The highest BCUT2D eigenvalue weighted by molar-refractivity contribution is 5.88. The summed E-state index contributed by atoms with van der Waals surface area (Å²) in [7, 11) is 7.30. The molecule has 0 aliphatic heterocycles. The molecule has 0 aromatic rings. The van der Waals surface area contributed by atoms with E-state index in [-0.39, 0.29) is 24.3 Å². The van der Waals surface area contributed by atoms with Crippen LogP contribution in [0.1, 0.15) is 32.6 Å². The minimum absolute atomic E-state index is 0.0125. The molecule has 0 bridgehead atoms. The average Bonchev–Trinajstić information content (AvgIpc) is 2.49. The quantitative estimate of drug-likeness (QED) is 0.383. The lowest BCUT2D eigenvalue weighted by atomic mass is 10.1. The Bertz CT molecular complexity index is 413. The van der Waals surface area contributed by atoms with Gasteiger partial charge in [0.15, 0.2) is 0 Å². The van der Waals surface area contributed by atoms with Gasteiger partial charge in [-0.25, -0.2) is 0 Å². The molecule has 3 amide bonds. The maximum Gasteiger partial charge on any atom is 0.242 e. The number of nitrogens with zero attached hydrogens (tertiary/aromatic N) is 2. The Labute approximate surface area is 151 Å². The Morgan fingerprint density at radius 2 is 1.44 bits per heavy atom. The molecule has 0 aromatic carbocycles. The van der Waals surface area contributed by atoms with Crippen molar-refractivity contribution in [3.8, 4) is 0 Å². The van der Waals surface area contributed by atoms with Crippen molar-refractivity contribution in [3.63, 3.8) is 0 Å². The Kier molecular flexibility index (Phi) is 12.7. The molecule has 0 saturated heterocycles. The number of hydrogen-bond donors (Lipinski definition) is 3. The average molecular weight is 357 g/mol. The minimum Gasteiger partial charge on any atom is -0.355 e. The third kappa shape index (κ3) is 13.3. The summed E-state index contributed by atoms with van der Waals surface area (Å²) < 4.78 is 0. The molecule has 1 atom stereocenters. The highest BCUT2D eigenvalue weighted by atomic mass is 16.2. The fourth-order valence-corrected chi connectivity index (χ4v) is 2.21. The van der Waals surface area contributed by atoms with E-state index >= 15 is 0 Å². The summed E-state index contributed by atoms with van der Waals surface area (Å²) in [4.78, 5) is 39.2. The molecule has 8 heteroatoms. The van der Waals surface area contributed by atoms with Crippen LogP contribution in [0, 0.1) is 0 Å². The zero-order valence-electron chi connectivity index (χ0n) is 16.4. The van der Waals surface area contributed by atoms with Gasteiger partial charge < -0.3 is 25.8 Å². The molecule has 0 aliphatic rings. The summed E-state index contributed by atoms with van der Waals surface area (Å²) in [6.07, 6.45) is 2.91. The summed E-state index contributed by atoms with van der Waals surface area (Å²) in [5.41, 5.74) is 0. The molecule has 0 aromatic heterocycles. The van der Waals surface area contributed by atoms with Crippen LogP contribution in [0.15, 0.2) is 0 Å². The van der Waals surface area contributed by atoms with Gasteiger partial charge in [-0.3, -0.25) is 14.4 Å². The first-order valence-electron chi connectivity index (χ1n) is 8.89. The zero-order valence-corrected chi connectivity index (χ0v) is 16.4. The summed E-state index contributed by atoms with van der Waals surface area (Å²) in [5, 5.41) is 8.47. The van der Waals surface area contributed by atoms with Crippen LogP contribution in [0.3, 0.4) is 0 Å². The van der Waals surface area contributed by atoms with Crippen LogP contribution < -0.4 is 16.0 Å². The normalized spacial score (nSPS) is 12.1. The van der Waals surface area contributed by atoms with Gasteiger partial charge in [-0.05, 0) is 53.9 Å². The first kappa shape index (κ1) is 23.3. The third-order valence-corrected chi connectivity index (χ3v) is 3.36. The van der Waals surface area contributed by atoms with Crippen molar-refractivity contribution in [2.75, 3.05) is 54.4 Å².